The molecular formula is C16H19N3O3. The summed E-state index contributed by atoms with van der Waals surface area (Å²) in [7, 11) is 0. The highest BCUT2D eigenvalue weighted by atomic mass is 16.6. The fraction of sp³-hybridized carbons (Fsp3) is 0.375. The number of nitrogens with zero attached hydrogens (tertiary/aromatic N) is 3. The molecule has 0 atom stereocenters. The van der Waals surface area contributed by atoms with E-state index in [2.05, 4.69) is 4.98 Å². The van der Waals surface area contributed by atoms with Crippen LogP contribution in [0.25, 0.3) is 11.9 Å². The molecule has 22 heavy (non-hydrogen) atoms. The standard InChI is InChI=1S/C16H19N3O3/c1-15(2)16(3,4)19(22)14(18(15)21)11-9-8-10-6-5-7-12(20)13(10)17-11/h5-9,21-22H,1-4H3. The minimum Gasteiger partial charge on any atom is -0.288 e. The maximum atomic E-state index is 11.9. The summed E-state index contributed by atoms with van der Waals surface area (Å²) in [4.78, 5) is 16.3. The van der Waals surface area contributed by atoms with Gasteiger partial charge in [-0.05, 0) is 39.8 Å². The molecule has 0 spiro atoms. The Labute approximate surface area is 128 Å². The molecule has 1 aliphatic carbocycles. The number of pyridine rings is 1. The smallest absolute Gasteiger partial charge is 0.204 e. The first kappa shape index (κ1) is 14.7. The van der Waals surface area contributed by atoms with E-state index in [4.69, 9.17) is 0 Å². The van der Waals surface area contributed by atoms with E-state index < -0.39 is 11.1 Å². The molecule has 0 unspecified atom stereocenters. The minimum atomic E-state index is -0.731. The number of carbonyl (C=O) groups excluding carboxylic acids is 1. The lowest BCUT2D eigenvalue weighted by Gasteiger charge is -2.37. The van der Waals surface area contributed by atoms with Crippen LogP contribution in [0.4, 0.5) is 0 Å². The molecule has 1 aromatic heterocycles. The van der Waals surface area contributed by atoms with E-state index in [1.807, 2.05) is 27.7 Å². The molecule has 3 rings (SSSR count). The third kappa shape index (κ3) is 1.74. The Morgan fingerprint density at radius 1 is 1.05 bits per heavy atom. The molecule has 116 valence electrons. The van der Waals surface area contributed by atoms with Crippen LogP contribution in [0.2, 0.25) is 0 Å². The summed E-state index contributed by atoms with van der Waals surface area (Å²) in [5.41, 5.74) is -1.15. The van der Waals surface area contributed by atoms with Gasteiger partial charge in [0.05, 0.1) is 11.1 Å². The van der Waals surface area contributed by atoms with E-state index in [1.165, 1.54) is 6.08 Å². The van der Waals surface area contributed by atoms with Crippen molar-refractivity contribution in [2.45, 2.75) is 38.8 Å². The second-order valence-electron chi connectivity index (χ2n) is 6.59. The number of allylic oxidation sites excluding steroid dienone is 2. The van der Waals surface area contributed by atoms with Gasteiger partial charge in [0, 0.05) is 5.22 Å². The Morgan fingerprint density at radius 3 is 2.23 bits per heavy atom. The molecule has 0 radical (unpaired) electrons. The molecule has 2 N–H and O–H groups in total. The summed E-state index contributed by atoms with van der Waals surface area (Å²) in [6, 6.07) is 3.44. The Morgan fingerprint density at radius 2 is 1.64 bits per heavy atom. The average Bonchev–Trinajstić information content (AvgIpc) is 2.58. The molecular weight excluding hydrogens is 282 g/mol. The van der Waals surface area contributed by atoms with Gasteiger partial charge in [-0.25, -0.2) is 15.1 Å². The highest BCUT2D eigenvalue weighted by Gasteiger charge is 2.55. The Bertz CT molecular complexity index is 786. The SMILES string of the molecule is CC1(C)N(O)C(=c2ccc3c(n2)C(=O)C=CC=3)N(O)C1(C)C. The van der Waals surface area contributed by atoms with Gasteiger partial charge in [-0.2, -0.15) is 0 Å². The Hall–Kier alpha value is -2.18. The van der Waals surface area contributed by atoms with Gasteiger partial charge < -0.3 is 0 Å². The molecule has 2 heterocycles. The first-order valence-corrected chi connectivity index (χ1v) is 7.10. The number of hydrogen-bond acceptors (Lipinski definition) is 6. The normalized spacial score (nSPS) is 21.9. The van der Waals surface area contributed by atoms with Crippen LogP contribution in [0.3, 0.4) is 0 Å². The monoisotopic (exact) mass is 301 g/mol. The first-order chi connectivity index (χ1) is 10.2. The van der Waals surface area contributed by atoms with Crippen LogP contribution in [0.15, 0.2) is 24.3 Å². The van der Waals surface area contributed by atoms with Gasteiger partial charge in [0.15, 0.2) is 5.82 Å². The van der Waals surface area contributed by atoms with Gasteiger partial charge in [-0.3, -0.25) is 15.2 Å². The topological polar surface area (TPSA) is 76.9 Å². The molecule has 6 nitrogen and oxygen atoms in total. The van der Waals surface area contributed by atoms with Crippen molar-refractivity contribution in [1.29, 1.82) is 0 Å². The van der Waals surface area contributed by atoms with Crippen LogP contribution in [0.5, 0.6) is 0 Å². The van der Waals surface area contributed by atoms with E-state index >= 15 is 0 Å². The van der Waals surface area contributed by atoms with Gasteiger partial charge in [0.1, 0.15) is 11.0 Å². The fourth-order valence-electron chi connectivity index (χ4n) is 2.60. The molecule has 1 aliphatic heterocycles. The average molecular weight is 301 g/mol. The summed E-state index contributed by atoms with van der Waals surface area (Å²) in [5.74, 6) is -0.0226. The number of hydrogen-bond donors (Lipinski definition) is 2. The lowest BCUT2D eigenvalue weighted by molar-refractivity contribution is -0.125. The number of ketones is 1. The van der Waals surface area contributed by atoms with Crippen LogP contribution >= 0.6 is 0 Å². The van der Waals surface area contributed by atoms with Crippen molar-refractivity contribution in [3.05, 3.63) is 40.5 Å². The maximum absolute atomic E-state index is 11.9. The second kappa shape index (κ2) is 4.41. The Balaban J connectivity index is 2.29. The van der Waals surface area contributed by atoms with Crippen LogP contribution in [-0.4, -0.2) is 42.4 Å². The number of rotatable bonds is 0. The molecule has 0 aromatic carbocycles. The van der Waals surface area contributed by atoms with Gasteiger partial charge in [0.25, 0.3) is 0 Å². The molecule has 0 saturated carbocycles. The fourth-order valence-corrected chi connectivity index (χ4v) is 2.60. The lowest BCUT2D eigenvalue weighted by atomic mass is 9.84. The molecule has 1 fully saturated rings. The highest BCUT2D eigenvalue weighted by Crippen LogP contribution is 2.42. The second-order valence-corrected chi connectivity index (χ2v) is 6.59. The maximum Gasteiger partial charge on any atom is 0.204 e. The zero-order valence-corrected chi connectivity index (χ0v) is 13.0. The molecule has 0 bridgehead atoms. The van der Waals surface area contributed by atoms with Crippen molar-refractivity contribution in [2.75, 3.05) is 0 Å². The van der Waals surface area contributed by atoms with Crippen molar-refractivity contribution >= 4 is 17.7 Å². The summed E-state index contributed by atoms with van der Waals surface area (Å²) in [6.07, 6.45) is 4.92. The summed E-state index contributed by atoms with van der Waals surface area (Å²) < 4.78 is 0. The predicted molar refractivity (Wildman–Crippen MR) is 80.2 cm³/mol. The molecule has 2 aliphatic rings. The van der Waals surface area contributed by atoms with E-state index in [9.17, 15) is 15.2 Å². The number of carbonyl (C=O) groups is 1. The molecule has 1 saturated heterocycles. The van der Waals surface area contributed by atoms with Crippen molar-refractivity contribution < 1.29 is 15.2 Å². The molecule has 0 amide bonds. The van der Waals surface area contributed by atoms with Crippen LogP contribution in [-0.2, 0) is 0 Å². The van der Waals surface area contributed by atoms with E-state index in [0.717, 1.165) is 15.3 Å². The van der Waals surface area contributed by atoms with Crippen LogP contribution < -0.4 is 10.6 Å². The third-order valence-corrected chi connectivity index (χ3v) is 4.87. The zero-order valence-electron chi connectivity index (χ0n) is 13.0. The van der Waals surface area contributed by atoms with Crippen LogP contribution in [0.1, 0.15) is 38.2 Å². The van der Waals surface area contributed by atoms with Crippen molar-refractivity contribution in [3.63, 3.8) is 0 Å². The lowest BCUT2D eigenvalue weighted by Crippen LogP contribution is -2.52. The highest BCUT2D eigenvalue weighted by molar-refractivity contribution is 6.05. The largest absolute Gasteiger partial charge is 0.288 e. The number of fused-ring (bicyclic) bond motifs is 1. The van der Waals surface area contributed by atoms with Crippen LogP contribution in [0, 0.1) is 0 Å². The third-order valence-electron chi connectivity index (χ3n) is 4.87. The summed E-state index contributed by atoms with van der Waals surface area (Å²) >= 11 is 0. The van der Waals surface area contributed by atoms with Gasteiger partial charge in [0.2, 0.25) is 5.78 Å². The van der Waals surface area contributed by atoms with Gasteiger partial charge >= 0.3 is 0 Å². The van der Waals surface area contributed by atoms with E-state index in [-0.39, 0.29) is 11.6 Å². The minimum absolute atomic E-state index is 0.167. The van der Waals surface area contributed by atoms with Gasteiger partial charge in [-0.1, -0.05) is 18.2 Å². The zero-order chi connectivity index (χ0) is 16.3. The summed E-state index contributed by atoms with van der Waals surface area (Å²) in [6.45, 7) is 7.29. The van der Waals surface area contributed by atoms with Crippen molar-refractivity contribution in [3.8, 4) is 0 Å². The van der Waals surface area contributed by atoms with E-state index in [0.29, 0.717) is 11.0 Å². The number of hydroxylamine groups is 4. The van der Waals surface area contributed by atoms with E-state index in [1.54, 1.807) is 24.3 Å². The molecule has 1 aromatic rings. The Kier molecular flexibility index (Phi) is 2.95. The number of aromatic nitrogens is 1. The van der Waals surface area contributed by atoms with Gasteiger partial charge in [-0.15, -0.1) is 0 Å². The quantitative estimate of drug-likeness (QED) is 0.732. The molecule has 6 heteroatoms. The van der Waals surface area contributed by atoms with Crippen molar-refractivity contribution in [2.24, 2.45) is 0 Å². The predicted octanol–water partition coefficient (Wildman–Crippen LogP) is 0.633. The van der Waals surface area contributed by atoms with Crippen molar-refractivity contribution in [1.82, 2.24) is 15.1 Å². The summed E-state index contributed by atoms with van der Waals surface area (Å²) in [5, 5.41) is 24.1. The first-order valence-electron chi connectivity index (χ1n) is 7.10.